The molecule has 4 aromatic rings. The lowest BCUT2D eigenvalue weighted by Gasteiger charge is -2.05. The number of thiophene rings is 2. The third-order valence-electron chi connectivity index (χ3n) is 3.27. The van der Waals surface area contributed by atoms with Crippen molar-refractivity contribution in [3.63, 3.8) is 0 Å². The summed E-state index contributed by atoms with van der Waals surface area (Å²) in [6, 6.07) is 13.2. The maximum absolute atomic E-state index is 2.36. The van der Waals surface area contributed by atoms with Crippen LogP contribution >= 0.6 is 22.7 Å². The molecule has 88 valence electrons. The first-order chi connectivity index (χ1) is 8.84. The molecule has 0 amide bonds. The van der Waals surface area contributed by atoms with Crippen molar-refractivity contribution in [1.82, 2.24) is 4.57 Å². The molecule has 0 saturated carbocycles. The van der Waals surface area contributed by atoms with Crippen molar-refractivity contribution in [2.75, 3.05) is 0 Å². The first-order valence-electron chi connectivity index (χ1n) is 5.87. The van der Waals surface area contributed by atoms with Gasteiger partial charge in [-0.05, 0) is 41.9 Å². The van der Waals surface area contributed by atoms with Crippen LogP contribution in [0.3, 0.4) is 0 Å². The number of aryl methyl sites for hydroxylation is 1. The van der Waals surface area contributed by atoms with E-state index in [1.807, 2.05) is 22.7 Å². The van der Waals surface area contributed by atoms with E-state index in [9.17, 15) is 0 Å². The van der Waals surface area contributed by atoms with Gasteiger partial charge in [0, 0.05) is 5.69 Å². The quantitative estimate of drug-likeness (QED) is 0.447. The Kier molecular flexibility index (Phi) is 2.13. The highest BCUT2D eigenvalue weighted by atomic mass is 32.1. The zero-order chi connectivity index (χ0) is 12.1. The molecule has 18 heavy (non-hydrogen) atoms. The molecule has 0 unspecified atom stereocenters. The van der Waals surface area contributed by atoms with Gasteiger partial charge in [-0.15, -0.1) is 22.7 Å². The Morgan fingerprint density at radius 3 is 1.89 bits per heavy atom. The third-order valence-corrected chi connectivity index (χ3v) is 5.24. The van der Waals surface area contributed by atoms with Crippen molar-refractivity contribution in [2.24, 2.45) is 0 Å². The first kappa shape index (κ1) is 10.4. The Morgan fingerprint density at radius 1 is 0.778 bits per heavy atom. The van der Waals surface area contributed by atoms with Gasteiger partial charge in [0.2, 0.25) is 0 Å². The highest BCUT2D eigenvalue weighted by Gasteiger charge is 2.13. The van der Waals surface area contributed by atoms with Crippen molar-refractivity contribution in [2.45, 2.75) is 6.92 Å². The Labute approximate surface area is 113 Å². The van der Waals surface area contributed by atoms with Gasteiger partial charge in [0.15, 0.2) is 0 Å². The molecular weight excluding hydrogens is 258 g/mol. The van der Waals surface area contributed by atoms with Crippen LogP contribution < -0.4 is 0 Å². The fraction of sp³-hybridized carbons (Fsp3) is 0.0667. The van der Waals surface area contributed by atoms with Crippen LogP contribution in [0.25, 0.3) is 26.1 Å². The zero-order valence-corrected chi connectivity index (χ0v) is 11.5. The van der Waals surface area contributed by atoms with Gasteiger partial charge in [-0.1, -0.05) is 17.7 Å². The maximum atomic E-state index is 2.36. The van der Waals surface area contributed by atoms with Crippen LogP contribution in [0.2, 0.25) is 0 Å². The predicted octanol–water partition coefficient (Wildman–Crippen LogP) is 5.22. The van der Waals surface area contributed by atoms with Crippen LogP contribution in [0.4, 0.5) is 0 Å². The molecule has 0 aliphatic rings. The van der Waals surface area contributed by atoms with Crippen molar-refractivity contribution in [3.05, 3.63) is 52.7 Å². The number of nitrogens with zero attached hydrogens (tertiary/aromatic N) is 1. The average Bonchev–Trinajstić information content (AvgIpc) is 3.03. The predicted molar refractivity (Wildman–Crippen MR) is 81.3 cm³/mol. The van der Waals surface area contributed by atoms with Gasteiger partial charge >= 0.3 is 0 Å². The summed E-state index contributed by atoms with van der Waals surface area (Å²) in [5.41, 5.74) is 5.20. The third kappa shape index (κ3) is 1.32. The van der Waals surface area contributed by atoms with Crippen molar-refractivity contribution < 1.29 is 0 Å². The molecular formula is C15H11NS2. The van der Waals surface area contributed by atoms with E-state index in [1.165, 1.54) is 31.7 Å². The molecule has 0 radical (unpaired) electrons. The van der Waals surface area contributed by atoms with Gasteiger partial charge in [0.05, 0.1) is 20.4 Å². The van der Waals surface area contributed by atoms with Crippen LogP contribution in [0, 0.1) is 6.92 Å². The number of benzene rings is 1. The molecule has 4 rings (SSSR count). The Morgan fingerprint density at radius 2 is 1.33 bits per heavy atom. The van der Waals surface area contributed by atoms with E-state index in [-0.39, 0.29) is 0 Å². The summed E-state index contributed by atoms with van der Waals surface area (Å²) >= 11 is 3.66. The molecule has 0 spiro atoms. The largest absolute Gasteiger partial charge is 0.307 e. The van der Waals surface area contributed by atoms with Gasteiger partial charge in [-0.2, -0.15) is 0 Å². The summed E-state index contributed by atoms with van der Waals surface area (Å²) in [6.07, 6.45) is 0. The van der Waals surface area contributed by atoms with Crippen LogP contribution in [0.5, 0.6) is 0 Å². The molecule has 0 aliphatic heterocycles. The molecule has 3 aromatic heterocycles. The molecule has 1 nitrogen and oxygen atoms in total. The highest BCUT2D eigenvalue weighted by Crippen LogP contribution is 2.38. The normalized spacial score (nSPS) is 11.6. The first-order valence-corrected chi connectivity index (χ1v) is 7.63. The molecule has 0 bridgehead atoms. The molecule has 1 aromatic carbocycles. The Balaban J connectivity index is 2.14. The number of rotatable bonds is 1. The van der Waals surface area contributed by atoms with E-state index in [0.717, 1.165) is 0 Å². The van der Waals surface area contributed by atoms with Gasteiger partial charge in [-0.3, -0.25) is 0 Å². The van der Waals surface area contributed by atoms with E-state index in [0.29, 0.717) is 0 Å². The second-order valence-corrected chi connectivity index (χ2v) is 6.27. The molecule has 0 atom stereocenters. The number of hydrogen-bond donors (Lipinski definition) is 0. The SMILES string of the molecule is Cc1ccc(-n2c3ccsc3c3sccc32)cc1. The van der Waals surface area contributed by atoms with E-state index in [2.05, 4.69) is 58.6 Å². The van der Waals surface area contributed by atoms with Gasteiger partial charge in [0.25, 0.3) is 0 Å². The summed E-state index contributed by atoms with van der Waals surface area (Å²) in [5, 5.41) is 4.35. The van der Waals surface area contributed by atoms with E-state index >= 15 is 0 Å². The van der Waals surface area contributed by atoms with Crippen molar-refractivity contribution in [3.8, 4) is 5.69 Å². The average molecular weight is 269 g/mol. The number of fused-ring (bicyclic) bond motifs is 3. The van der Waals surface area contributed by atoms with Gasteiger partial charge < -0.3 is 4.57 Å². The van der Waals surface area contributed by atoms with E-state index < -0.39 is 0 Å². The second kappa shape index (κ2) is 3.70. The minimum Gasteiger partial charge on any atom is -0.307 e. The fourth-order valence-electron chi connectivity index (χ4n) is 2.40. The maximum Gasteiger partial charge on any atom is 0.0704 e. The fourth-order valence-corrected chi connectivity index (χ4v) is 4.34. The zero-order valence-electron chi connectivity index (χ0n) is 9.88. The monoisotopic (exact) mass is 269 g/mol. The summed E-state index contributed by atoms with van der Waals surface area (Å²) in [5.74, 6) is 0. The molecule has 3 heterocycles. The van der Waals surface area contributed by atoms with Crippen molar-refractivity contribution >= 4 is 43.1 Å². The summed E-state index contributed by atoms with van der Waals surface area (Å²) in [4.78, 5) is 0. The van der Waals surface area contributed by atoms with E-state index in [4.69, 9.17) is 0 Å². The standard InChI is InChI=1S/C15H11NS2/c1-10-2-4-11(5-3-10)16-12-6-8-17-14(12)15-13(16)7-9-18-15/h2-9H,1H3. The summed E-state index contributed by atoms with van der Waals surface area (Å²) < 4.78 is 5.16. The number of aromatic nitrogens is 1. The number of hydrogen-bond acceptors (Lipinski definition) is 2. The van der Waals surface area contributed by atoms with Gasteiger partial charge in [0.1, 0.15) is 0 Å². The molecule has 0 saturated heterocycles. The minimum atomic E-state index is 1.25. The lowest BCUT2D eigenvalue weighted by atomic mass is 10.2. The molecule has 0 N–H and O–H groups in total. The summed E-state index contributed by atoms with van der Waals surface area (Å²) in [6.45, 7) is 2.12. The Bertz CT molecular complexity index is 782. The van der Waals surface area contributed by atoms with Crippen LogP contribution in [-0.2, 0) is 0 Å². The topological polar surface area (TPSA) is 4.93 Å². The van der Waals surface area contributed by atoms with Gasteiger partial charge in [-0.25, -0.2) is 0 Å². The van der Waals surface area contributed by atoms with Crippen LogP contribution in [0.1, 0.15) is 5.56 Å². The minimum absolute atomic E-state index is 1.25. The van der Waals surface area contributed by atoms with Crippen LogP contribution in [-0.4, -0.2) is 4.57 Å². The molecule has 0 aliphatic carbocycles. The lowest BCUT2D eigenvalue weighted by molar-refractivity contribution is 1.18. The van der Waals surface area contributed by atoms with Crippen molar-refractivity contribution in [1.29, 1.82) is 0 Å². The lowest BCUT2D eigenvalue weighted by Crippen LogP contribution is -1.91. The highest BCUT2D eigenvalue weighted by molar-refractivity contribution is 7.25. The van der Waals surface area contributed by atoms with Crippen LogP contribution in [0.15, 0.2) is 47.2 Å². The smallest absolute Gasteiger partial charge is 0.0704 e. The second-order valence-electron chi connectivity index (χ2n) is 4.44. The van der Waals surface area contributed by atoms with E-state index in [1.54, 1.807) is 0 Å². The molecule has 3 heteroatoms. The Hall–Kier alpha value is -1.58. The molecule has 0 fully saturated rings. The summed E-state index contributed by atoms with van der Waals surface area (Å²) in [7, 11) is 0.